The minimum atomic E-state index is 0. The molecule has 1 aromatic carbocycles. The number of hydrogen-bond acceptors (Lipinski definition) is 4. The highest BCUT2D eigenvalue weighted by molar-refractivity contribution is 14.0. The number of guanidine groups is 1. The van der Waals surface area contributed by atoms with Crippen LogP contribution in [0.25, 0.3) is 0 Å². The Morgan fingerprint density at radius 1 is 1.21 bits per heavy atom. The second kappa shape index (κ2) is 11.6. The maximum absolute atomic E-state index is 6.10. The third-order valence-corrected chi connectivity index (χ3v) is 5.22. The lowest BCUT2D eigenvalue weighted by molar-refractivity contribution is 0.311. The van der Waals surface area contributed by atoms with Crippen LogP contribution in [-0.2, 0) is 13.1 Å². The van der Waals surface area contributed by atoms with Crippen LogP contribution in [0.5, 0.6) is 0 Å². The second-order valence-electron chi connectivity index (χ2n) is 7.16. The monoisotopic (exact) mass is 528 g/mol. The van der Waals surface area contributed by atoms with Crippen molar-refractivity contribution in [3.63, 3.8) is 0 Å². The van der Waals surface area contributed by atoms with E-state index in [2.05, 4.69) is 49.2 Å². The molecule has 0 amide bonds. The average Bonchev–Trinajstić information content (AvgIpc) is 2.69. The molecule has 0 spiro atoms. The largest absolute Gasteiger partial charge is 0.354 e. The summed E-state index contributed by atoms with van der Waals surface area (Å²) in [5.74, 6) is 1.91. The van der Waals surface area contributed by atoms with E-state index < -0.39 is 0 Å². The Labute approximate surface area is 196 Å². The molecule has 29 heavy (non-hydrogen) atoms. The minimum absolute atomic E-state index is 0. The van der Waals surface area contributed by atoms with Crippen molar-refractivity contribution in [2.45, 2.75) is 13.1 Å². The first kappa shape index (κ1) is 23.7. The molecule has 2 heterocycles. The van der Waals surface area contributed by atoms with E-state index in [1.54, 1.807) is 7.05 Å². The van der Waals surface area contributed by atoms with E-state index in [0.29, 0.717) is 6.54 Å². The molecular weight excluding hydrogens is 499 g/mol. The van der Waals surface area contributed by atoms with E-state index in [4.69, 9.17) is 11.6 Å². The van der Waals surface area contributed by atoms with Crippen LogP contribution in [0, 0.1) is 0 Å². The lowest BCUT2D eigenvalue weighted by Crippen LogP contribution is -2.45. The third-order valence-electron chi connectivity index (χ3n) is 4.99. The van der Waals surface area contributed by atoms with Gasteiger partial charge in [0.2, 0.25) is 0 Å². The van der Waals surface area contributed by atoms with Gasteiger partial charge < -0.3 is 20.0 Å². The first-order chi connectivity index (χ1) is 13.6. The molecule has 0 bridgehead atoms. The maximum Gasteiger partial charge on any atom is 0.193 e. The van der Waals surface area contributed by atoms with E-state index in [1.807, 2.05) is 37.5 Å². The summed E-state index contributed by atoms with van der Waals surface area (Å²) < 4.78 is 0. The van der Waals surface area contributed by atoms with Gasteiger partial charge in [0.1, 0.15) is 5.82 Å². The molecule has 1 fully saturated rings. The van der Waals surface area contributed by atoms with Crippen molar-refractivity contribution in [2.75, 3.05) is 52.2 Å². The molecule has 0 aliphatic carbocycles. The fourth-order valence-electron chi connectivity index (χ4n) is 3.41. The molecule has 1 aromatic heterocycles. The molecule has 2 aromatic rings. The van der Waals surface area contributed by atoms with E-state index in [0.717, 1.165) is 55.1 Å². The number of piperazine rings is 1. The summed E-state index contributed by atoms with van der Waals surface area (Å²) in [5, 5.41) is 4.23. The van der Waals surface area contributed by atoms with Crippen LogP contribution in [0.3, 0.4) is 0 Å². The Bertz CT molecular complexity index is 807. The number of hydrogen-bond donors (Lipinski definition) is 1. The molecule has 8 heteroatoms. The van der Waals surface area contributed by atoms with Crippen molar-refractivity contribution >= 4 is 47.4 Å². The average molecular weight is 529 g/mol. The zero-order chi connectivity index (χ0) is 19.9. The molecule has 0 atom stereocenters. The van der Waals surface area contributed by atoms with Gasteiger partial charge in [-0.2, -0.15) is 0 Å². The number of rotatable bonds is 5. The van der Waals surface area contributed by atoms with Gasteiger partial charge in [0.15, 0.2) is 5.96 Å². The number of aromatic nitrogens is 1. The van der Waals surface area contributed by atoms with Gasteiger partial charge >= 0.3 is 0 Å². The summed E-state index contributed by atoms with van der Waals surface area (Å²) in [6.45, 7) is 5.55. The minimum Gasteiger partial charge on any atom is -0.354 e. The highest BCUT2D eigenvalue weighted by atomic mass is 127. The van der Waals surface area contributed by atoms with Crippen molar-refractivity contribution < 1.29 is 0 Å². The van der Waals surface area contributed by atoms with Crippen LogP contribution < -0.4 is 10.2 Å². The number of nitrogens with zero attached hydrogens (tertiary/aromatic N) is 5. The Kier molecular flexibility index (Phi) is 9.45. The van der Waals surface area contributed by atoms with Crippen molar-refractivity contribution in [3.8, 4) is 0 Å². The lowest BCUT2D eigenvalue weighted by atomic mass is 10.2. The summed E-state index contributed by atoms with van der Waals surface area (Å²) in [7, 11) is 6.00. The van der Waals surface area contributed by atoms with Gasteiger partial charge in [0, 0.05) is 70.1 Å². The van der Waals surface area contributed by atoms with Gasteiger partial charge in [-0.1, -0.05) is 29.8 Å². The highest BCUT2D eigenvalue weighted by Gasteiger charge is 2.18. The van der Waals surface area contributed by atoms with Gasteiger partial charge in [-0.3, -0.25) is 4.99 Å². The Morgan fingerprint density at radius 2 is 1.97 bits per heavy atom. The number of halogens is 2. The molecule has 6 nitrogen and oxygen atoms in total. The first-order valence-electron chi connectivity index (χ1n) is 9.60. The van der Waals surface area contributed by atoms with E-state index in [-0.39, 0.29) is 24.0 Å². The van der Waals surface area contributed by atoms with Crippen molar-refractivity contribution in [2.24, 2.45) is 4.99 Å². The highest BCUT2D eigenvalue weighted by Crippen LogP contribution is 2.19. The summed E-state index contributed by atoms with van der Waals surface area (Å²) >= 11 is 6.10. The third kappa shape index (κ3) is 6.72. The van der Waals surface area contributed by atoms with Gasteiger partial charge in [0.25, 0.3) is 0 Å². The number of pyridine rings is 1. The molecule has 3 rings (SSSR count). The van der Waals surface area contributed by atoms with Gasteiger partial charge in [-0.05, 0) is 30.8 Å². The number of nitrogens with one attached hydrogen (secondary N) is 1. The van der Waals surface area contributed by atoms with Crippen molar-refractivity contribution in [1.82, 2.24) is 20.1 Å². The predicted octanol–water partition coefficient (Wildman–Crippen LogP) is 3.31. The van der Waals surface area contributed by atoms with E-state index in [1.165, 1.54) is 5.56 Å². The molecule has 1 N–H and O–H groups in total. The molecule has 0 saturated carbocycles. The number of anilines is 1. The molecule has 1 saturated heterocycles. The SMILES string of the molecule is CN=C(NCc1cccnc1N1CCN(C)CC1)N(C)Cc1cccc(Cl)c1.I. The maximum atomic E-state index is 6.10. The Morgan fingerprint density at radius 3 is 2.66 bits per heavy atom. The molecule has 1 aliphatic rings. The first-order valence-corrected chi connectivity index (χ1v) is 9.98. The number of likely N-dealkylation sites (N-methyl/N-ethyl adjacent to an activating group) is 1. The van der Waals surface area contributed by atoms with E-state index in [9.17, 15) is 0 Å². The van der Waals surface area contributed by atoms with Gasteiger partial charge in [-0.15, -0.1) is 24.0 Å². The number of aliphatic imine (C=N–C) groups is 1. The van der Waals surface area contributed by atoms with Crippen molar-refractivity contribution in [1.29, 1.82) is 0 Å². The molecule has 0 unspecified atom stereocenters. The molecule has 1 aliphatic heterocycles. The normalized spacial score (nSPS) is 15.0. The van der Waals surface area contributed by atoms with Crippen LogP contribution in [0.1, 0.15) is 11.1 Å². The fourth-order valence-corrected chi connectivity index (χ4v) is 3.63. The predicted molar refractivity (Wildman–Crippen MR) is 132 cm³/mol. The summed E-state index contributed by atoms with van der Waals surface area (Å²) in [6.07, 6.45) is 1.87. The molecule has 158 valence electrons. The van der Waals surface area contributed by atoms with Gasteiger partial charge in [-0.25, -0.2) is 4.98 Å². The van der Waals surface area contributed by atoms with Crippen LogP contribution in [0.4, 0.5) is 5.82 Å². The fraction of sp³-hybridized carbons (Fsp3) is 0.429. The van der Waals surface area contributed by atoms with Crippen LogP contribution >= 0.6 is 35.6 Å². The second-order valence-corrected chi connectivity index (χ2v) is 7.60. The smallest absolute Gasteiger partial charge is 0.193 e. The van der Waals surface area contributed by atoms with Crippen LogP contribution in [-0.4, -0.2) is 68.1 Å². The summed E-state index contributed by atoms with van der Waals surface area (Å²) in [6, 6.07) is 12.0. The number of benzene rings is 1. The zero-order valence-electron chi connectivity index (χ0n) is 17.3. The van der Waals surface area contributed by atoms with Crippen LogP contribution in [0.15, 0.2) is 47.6 Å². The van der Waals surface area contributed by atoms with Crippen molar-refractivity contribution in [3.05, 3.63) is 58.7 Å². The molecular formula is C21H30ClIN6. The van der Waals surface area contributed by atoms with Gasteiger partial charge in [0.05, 0.1) is 0 Å². The topological polar surface area (TPSA) is 47.0 Å². The van der Waals surface area contributed by atoms with E-state index >= 15 is 0 Å². The Hall–Kier alpha value is -1.58. The standard InChI is InChI=1S/C21H29ClN6.HI/c1-23-21(27(3)16-17-6-4-8-19(22)14-17)25-15-18-7-5-9-24-20(18)28-12-10-26(2)11-13-28;/h4-9,14H,10-13,15-16H2,1-3H3,(H,23,25);1H. The lowest BCUT2D eigenvalue weighted by Gasteiger charge is -2.34. The quantitative estimate of drug-likeness (QED) is 0.367. The molecule has 0 radical (unpaired) electrons. The Balaban J connectivity index is 0.00000300. The van der Waals surface area contributed by atoms with Crippen LogP contribution in [0.2, 0.25) is 5.02 Å². The zero-order valence-corrected chi connectivity index (χ0v) is 20.4. The summed E-state index contributed by atoms with van der Waals surface area (Å²) in [5.41, 5.74) is 2.34. The summed E-state index contributed by atoms with van der Waals surface area (Å²) in [4.78, 5) is 15.9.